The van der Waals surface area contributed by atoms with Crippen LogP contribution in [0.1, 0.15) is 65.5 Å². The van der Waals surface area contributed by atoms with Crippen LogP contribution in [0, 0.1) is 13.8 Å². The van der Waals surface area contributed by atoms with Gasteiger partial charge >= 0.3 is 11.9 Å². The minimum atomic E-state index is -0.711. The fourth-order valence-corrected chi connectivity index (χ4v) is 4.17. The summed E-state index contributed by atoms with van der Waals surface area (Å²) in [7, 11) is 0. The lowest BCUT2D eigenvalue weighted by Gasteiger charge is -2.31. The summed E-state index contributed by atoms with van der Waals surface area (Å²) in [6, 6.07) is 5.11. The van der Waals surface area contributed by atoms with E-state index in [-0.39, 0.29) is 24.4 Å². The maximum atomic E-state index is 13.0. The molecule has 0 saturated heterocycles. The van der Waals surface area contributed by atoms with Crippen molar-refractivity contribution >= 4 is 35.6 Å². The maximum absolute atomic E-state index is 13.0. The summed E-state index contributed by atoms with van der Waals surface area (Å²) in [4.78, 5) is 47.4. The Balaban J connectivity index is 1.84. The summed E-state index contributed by atoms with van der Waals surface area (Å²) in [6.45, 7) is 19.6. The molecular weight excluding hydrogens is 484 g/mol. The van der Waals surface area contributed by atoms with Crippen molar-refractivity contribution in [2.75, 3.05) is 18.0 Å². The Kier molecular flexibility index (Phi) is 8.51. The van der Waals surface area contributed by atoms with Gasteiger partial charge in [0.1, 0.15) is 17.2 Å². The minimum absolute atomic E-state index is 0.0706. The highest BCUT2D eigenvalue weighted by Gasteiger charge is 2.28. The van der Waals surface area contributed by atoms with Gasteiger partial charge in [0.05, 0.1) is 17.1 Å². The number of ether oxygens (including phenoxy) is 2. The smallest absolute Gasteiger partial charge is 0.323 e. The second kappa shape index (κ2) is 11.1. The SMILES string of the molecule is C=c1cc2c(c(=O)[nH]1)=Nc1cc(C)c(C)cc1N2CCN[C@@H](CCC(=O)OC(C)(C)C)C(=O)OC(C)(C)C. The van der Waals surface area contributed by atoms with Crippen LogP contribution in [0.3, 0.4) is 0 Å². The Morgan fingerprint density at radius 2 is 1.66 bits per heavy atom. The molecule has 1 aromatic carbocycles. The number of aryl methyl sites for hydroxylation is 2. The number of aromatic nitrogens is 1. The van der Waals surface area contributed by atoms with Gasteiger partial charge in [-0.25, -0.2) is 4.99 Å². The van der Waals surface area contributed by atoms with Crippen LogP contribution < -0.4 is 26.5 Å². The Morgan fingerprint density at radius 1 is 1.03 bits per heavy atom. The number of aromatic amines is 1. The zero-order chi connectivity index (χ0) is 28.4. The predicted molar refractivity (Wildman–Crippen MR) is 149 cm³/mol. The normalized spacial score (nSPS) is 13.7. The molecule has 2 heterocycles. The van der Waals surface area contributed by atoms with Crippen LogP contribution >= 0.6 is 0 Å². The highest BCUT2D eigenvalue weighted by atomic mass is 16.6. The number of hydrogen-bond acceptors (Lipinski definition) is 8. The molecule has 2 aromatic rings. The van der Waals surface area contributed by atoms with E-state index in [0.717, 1.165) is 16.8 Å². The number of hydrogen-bond donors (Lipinski definition) is 2. The fourth-order valence-electron chi connectivity index (χ4n) is 4.17. The fraction of sp³-hybridized carbons (Fsp3) is 0.517. The van der Waals surface area contributed by atoms with E-state index >= 15 is 0 Å². The lowest BCUT2D eigenvalue weighted by Crippen LogP contribution is -2.46. The van der Waals surface area contributed by atoms with Crippen molar-refractivity contribution in [2.24, 2.45) is 4.99 Å². The molecule has 0 saturated carbocycles. The van der Waals surface area contributed by atoms with Gasteiger partial charge in [-0.15, -0.1) is 0 Å². The van der Waals surface area contributed by atoms with Crippen LogP contribution in [0.5, 0.6) is 0 Å². The topological polar surface area (TPSA) is 113 Å². The molecule has 1 aliphatic heterocycles. The molecule has 0 unspecified atom stereocenters. The van der Waals surface area contributed by atoms with Gasteiger partial charge < -0.3 is 24.7 Å². The van der Waals surface area contributed by atoms with Gasteiger partial charge in [-0.05, 0) is 91.1 Å². The number of fused-ring (bicyclic) bond motifs is 2. The van der Waals surface area contributed by atoms with Crippen LogP contribution in [0.4, 0.5) is 17.1 Å². The molecule has 0 radical (unpaired) electrons. The number of nitrogens with zero attached hydrogens (tertiary/aromatic N) is 2. The van der Waals surface area contributed by atoms with E-state index in [4.69, 9.17) is 9.47 Å². The van der Waals surface area contributed by atoms with Crippen molar-refractivity contribution in [3.8, 4) is 0 Å². The van der Waals surface area contributed by atoms with Crippen molar-refractivity contribution < 1.29 is 19.1 Å². The number of rotatable bonds is 8. The number of nitrogens with one attached hydrogen (secondary N) is 2. The van der Waals surface area contributed by atoms with Gasteiger partial charge in [0.15, 0.2) is 5.36 Å². The molecule has 1 aromatic heterocycles. The summed E-state index contributed by atoms with van der Waals surface area (Å²) in [5.74, 6) is -0.806. The molecule has 0 aliphatic carbocycles. The molecule has 1 aliphatic rings. The second-order valence-corrected chi connectivity index (χ2v) is 11.7. The first-order chi connectivity index (χ1) is 17.5. The lowest BCUT2D eigenvalue weighted by atomic mass is 10.0. The third-order valence-corrected chi connectivity index (χ3v) is 5.92. The van der Waals surface area contributed by atoms with Crippen LogP contribution in [0.2, 0.25) is 0 Å². The summed E-state index contributed by atoms with van der Waals surface area (Å²) >= 11 is 0. The molecule has 0 bridgehead atoms. The van der Waals surface area contributed by atoms with Crippen LogP contribution in [0.15, 0.2) is 28.0 Å². The second-order valence-electron chi connectivity index (χ2n) is 11.7. The van der Waals surface area contributed by atoms with E-state index < -0.39 is 23.2 Å². The molecule has 206 valence electrons. The maximum Gasteiger partial charge on any atom is 0.323 e. The van der Waals surface area contributed by atoms with Gasteiger partial charge in [0.25, 0.3) is 5.56 Å². The Morgan fingerprint density at radius 3 is 2.29 bits per heavy atom. The van der Waals surface area contributed by atoms with E-state index in [1.54, 1.807) is 47.6 Å². The number of carbonyl (C=O) groups excluding carboxylic acids is 2. The Labute approximate surface area is 223 Å². The van der Waals surface area contributed by atoms with Crippen molar-refractivity contribution in [3.05, 3.63) is 50.4 Å². The largest absolute Gasteiger partial charge is 0.460 e. The summed E-state index contributed by atoms with van der Waals surface area (Å²) < 4.78 is 11.0. The van der Waals surface area contributed by atoms with Gasteiger partial charge in [-0.3, -0.25) is 14.4 Å². The molecular formula is C29H40N4O5. The van der Waals surface area contributed by atoms with Gasteiger partial charge in [-0.2, -0.15) is 0 Å². The lowest BCUT2D eigenvalue weighted by molar-refractivity contribution is -0.158. The number of benzene rings is 1. The Bertz CT molecular complexity index is 1380. The van der Waals surface area contributed by atoms with E-state index in [9.17, 15) is 14.4 Å². The third kappa shape index (κ3) is 7.54. The monoisotopic (exact) mass is 524 g/mol. The van der Waals surface area contributed by atoms with Gasteiger partial charge in [-0.1, -0.05) is 6.58 Å². The zero-order valence-electron chi connectivity index (χ0n) is 23.8. The summed E-state index contributed by atoms with van der Waals surface area (Å²) in [5.41, 5.74) is 2.82. The average molecular weight is 525 g/mol. The highest BCUT2D eigenvalue weighted by molar-refractivity contribution is 5.79. The molecule has 3 rings (SSSR count). The quantitative estimate of drug-likeness (QED) is 0.510. The highest BCUT2D eigenvalue weighted by Crippen LogP contribution is 2.36. The predicted octanol–water partition coefficient (Wildman–Crippen LogP) is 3.23. The molecule has 2 N–H and O–H groups in total. The standard InChI is InChI=1S/C29H40N4O5/c1-17-14-21-22(15-18(17)2)33(23-16-19(3)31-26(35)25(23)32-21)13-12-30-20(27(36)38-29(7,8)9)10-11-24(34)37-28(4,5)6/h14-16,20,30H,3,10-13H2,1-2,4-9H3,(H,31,35)/t20-/m0/s1. The number of H-pyrrole nitrogens is 1. The summed E-state index contributed by atoms with van der Waals surface area (Å²) in [6.07, 6.45) is 0.300. The molecule has 38 heavy (non-hydrogen) atoms. The van der Waals surface area contributed by atoms with Crippen molar-refractivity contribution in [2.45, 2.75) is 85.5 Å². The Hall–Kier alpha value is -3.46. The number of carbonyl (C=O) groups is 2. The number of anilines is 2. The van der Waals surface area contributed by atoms with Crippen molar-refractivity contribution in [1.82, 2.24) is 10.3 Å². The first kappa shape index (κ1) is 29.1. The molecule has 0 spiro atoms. The summed E-state index contributed by atoms with van der Waals surface area (Å²) in [5, 5.41) is 4.07. The van der Waals surface area contributed by atoms with E-state index in [1.165, 1.54) is 0 Å². The first-order valence-electron chi connectivity index (χ1n) is 12.9. The molecule has 0 amide bonds. The first-order valence-corrected chi connectivity index (χ1v) is 12.9. The van der Waals surface area contributed by atoms with Gasteiger partial charge in [0, 0.05) is 24.9 Å². The van der Waals surface area contributed by atoms with E-state index in [2.05, 4.69) is 27.9 Å². The van der Waals surface area contributed by atoms with Gasteiger partial charge in [0.2, 0.25) is 0 Å². The number of esters is 2. The van der Waals surface area contributed by atoms with Crippen molar-refractivity contribution in [1.29, 1.82) is 0 Å². The van der Waals surface area contributed by atoms with Crippen LogP contribution in [-0.4, -0.2) is 47.3 Å². The molecule has 0 fully saturated rings. The average Bonchev–Trinajstić information content (AvgIpc) is 2.74. The van der Waals surface area contributed by atoms with Crippen LogP contribution in [0.25, 0.3) is 6.58 Å². The van der Waals surface area contributed by atoms with E-state index in [0.29, 0.717) is 35.2 Å². The minimum Gasteiger partial charge on any atom is -0.460 e. The molecule has 9 heteroatoms. The zero-order valence-corrected chi connectivity index (χ0v) is 23.8. The van der Waals surface area contributed by atoms with E-state index in [1.807, 2.05) is 24.8 Å². The molecule has 9 nitrogen and oxygen atoms in total. The molecule has 1 atom stereocenters. The number of pyridine rings is 1. The third-order valence-electron chi connectivity index (χ3n) is 5.92. The van der Waals surface area contributed by atoms with Crippen molar-refractivity contribution in [3.63, 3.8) is 0 Å². The van der Waals surface area contributed by atoms with Crippen LogP contribution in [-0.2, 0) is 19.1 Å².